The van der Waals surface area contributed by atoms with Gasteiger partial charge in [-0.05, 0) is 42.2 Å². The van der Waals surface area contributed by atoms with Crippen molar-refractivity contribution in [1.29, 1.82) is 5.26 Å². The molecule has 6 heteroatoms. The van der Waals surface area contributed by atoms with Crippen LogP contribution in [0, 0.1) is 11.3 Å². The molecular formula is C22H22Cl2N2O2. The van der Waals surface area contributed by atoms with E-state index in [0.29, 0.717) is 21.4 Å². The summed E-state index contributed by atoms with van der Waals surface area (Å²) in [6, 6.07) is 10.8. The summed E-state index contributed by atoms with van der Waals surface area (Å²) in [6.45, 7) is 2.16. The molecule has 0 amide bonds. The first-order valence-corrected chi connectivity index (χ1v) is 10.1. The van der Waals surface area contributed by atoms with Crippen molar-refractivity contribution >= 4 is 23.2 Å². The number of aryl methyl sites for hydroxylation is 1. The number of rotatable bonds is 6. The SMILES string of the molecule is CCCCCCc1cc2c(cc1O)OC(N)=C(C#N)C2c1ccc(Cl)cc1Cl. The van der Waals surface area contributed by atoms with Crippen molar-refractivity contribution in [1.82, 2.24) is 0 Å². The largest absolute Gasteiger partial charge is 0.508 e. The third-order valence-corrected chi connectivity index (χ3v) is 5.55. The molecule has 0 bridgehead atoms. The number of fused-ring (bicyclic) bond motifs is 1. The Morgan fingerprint density at radius 2 is 1.93 bits per heavy atom. The molecule has 0 saturated heterocycles. The van der Waals surface area contributed by atoms with Gasteiger partial charge in [0.2, 0.25) is 5.88 Å². The van der Waals surface area contributed by atoms with Crippen LogP contribution in [0.3, 0.4) is 0 Å². The first-order valence-electron chi connectivity index (χ1n) is 9.34. The maximum absolute atomic E-state index is 10.4. The number of nitriles is 1. The quantitative estimate of drug-likeness (QED) is 0.562. The van der Waals surface area contributed by atoms with E-state index in [9.17, 15) is 10.4 Å². The van der Waals surface area contributed by atoms with Crippen LogP contribution >= 0.6 is 23.2 Å². The van der Waals surface area contributed by atoms with Crippen LogP contribution in [0.4, 0.5) is 0 Å². The molecule has 1 aliphatic heterocycles. The molecule has 2 aromatic rings. The van der Waals surface area contributed by atoms with E-state index in [1.807, 2.05) is 6.07 Å². The molecule has 0 radical (unpaired) electrons. The molecule has 1 unspecified atom stereocenters. The van der Waals surface area contributed by atoms with Crippen LogP contribution in [-0.2, 0) is 6.42 Å². The number of allylic oxidation sites excluding steroid dienone is 1. The van der Waals surface area contributed by atoms with Gasteiger partial charge in [-0.3, -0.25) is 0 Å². The molecule has 0 aliphatic carbocycles. The van der Waals surface area contributed by atoms with E-state index in [-0.39, 0.29) is 11.6 Å². The van der Waals surface area contributed by atoms with Gasteiger partial charge < -0.3 is 15.6 Å². The molecule has 1 heterocycles. The predicted octanol–water partition coefficient (Wildman–Crippen LogP) is 6.04. The Kier molecular flexibility index (Phi) is 6.39. The fourth-order valence-corrected chi connectivity index (χ4v) is 4.06. The van der Waals surface area contributed by atoms with Crippen molar-refractivity contribution in [2.24, 2.45) is 5.73 Å². The van der Waals surface area contributed by atoms with E-state index in [4.69, 9.17) is 33.7 Å². The molecule has 0 fully saturated rings. The molecule has 3 N–H and O–H groups in total. The Labute approximate surface area is 175 Å². The van der Waals surface area contributed by atoms with Gasteiger partial charge in [-0.1, -0.05) is 55.5 Å². The molecule has 0 saturated carbocycles. The minimum absolute atomic E-state index is 0.0149. The lowest BCUT2D eigenvalue weighted by Gasteiger charge is -2.28. The van der Waals surface area contributed by atoms with E-state index >= 15 is 0 Å². The third kappa shape index (κ3) is 4.06. The summed E-state index contributed by atoms with van der Waals surface area (Å²) in [4.78, 5) is 0. The number of halogens is 2. The number of unbranched alkanes of at least 4 members (excludes halogenated alkanes) is 3. The lowest BCUT2D eigenvalue weighted by atomic mass is 9.82. The van der Waals surface area contributed by atoms with Crippen LogP contribution < -0.4 is 10.5 Å². The molecule has 146 valence electrons. The smallest absolute Gasteiger partial charge is 0.205 e. The van der Waals surface area contributed by atoms with Crippen LogP contribution in [0.2, 0.25) is 10.0 Å². The van der Waals surface area contributed by atoms with Gasteiger partial charge in [0, 0.05) is 21.7 Å². The first kappa shape index (κ1) is 20.4. The fourth-order valence-electron chi connectivity index (χ4n) is 3.54. The van der Waals surface area contributed by atoms with Crippen molar-refractivity contribution in [3.8, 4) is 17.6 Å². The molecule has 3 rings (SSSR count). The lowest BCUT2D eigenvalue weighted by Crippen LogP contribution is -2.21. The van der Waals surface area contributed by atoms with Crippen LogP contribution in [-0.4, -0.2) is 5.11 Å². The minimum Gasteiger partial charge on any atom is -0.508 e. The lowest BCUT2D eigenvalue weighted by molar-refractivity contribution is 0.387. The normalized spacial score (nSPS) is 15.7. The van der Waals surface area contributed by atoms with E-state index in [2.05, 4.69) is 13.0 Å². The number of benzene rings is 2. The molecule has 4 nitrogen and oxygen atoms in total. The Hall–Kier alpha value is -2.35. The first-order chi connectivity index (χ1) is 13.5. The van der Waals surface area contributed by atoms with Crippen LogP contribution in [0.15, 0.2) is 41.8 Å². The highest BCUT2D eigenvalue weighted by atomic mass is 35.5. The Bertz CT molecular complexity index is 964. The van der Waals surface area contributed by atoms with E-state index in [0.717, 1.165) is 48.8 Å². The number of nitrogens with zero attached hydrogens (tertiary/aromatic N) is 1. The van der Waals surface area contributed by atoms with Gasteiger partial charge in [-0.2, -0.15) is 5.26 Å². The summed E-state index contributed by atoms with van der Waals surface area (Å²) in [5.74, 6) is 0.140. The highest BCUT2D eigenvalue weighted by molar-refractivity contribution is 6.35. The number of hydrogen-bond donors (Lipinski definition) is 2. The van der Waals surface area contributed by atoms with Gasteiger partial charge in [0.1, 0.15) is 23.1 Å². The Morgan fingerprint density at radius 1 is 1.14 bits per heavy atom. The van der Waals surface area contributed by atoms with Crippen molar-refractivity contribution in [3.05, 3.63) is 68.5 Å². The number of ether oxygens (including phenoxy) is 1. The summed E-state index contributed by atoms with van der Waals surface area (Å²) in [5.41, 5.74) is 8.60. The molecule has 28 heavy (non-hydrogen) atoms. The standard InChI is InChI=1S/C22H22Cl2N2O2/c1-2-3-4-5-6-13-9-16-20(11-19(13)27)28-22(26)17(12-25)21(16)15-8-7-14(23)10-18(15)24/h7-11,21,27H,2-6,26H2,1H3. The van der Waals surface area contributed by atoms with Gasteiger partial charge in [0.25, 0.3) is 0 Å². The van der Waals surface area contributed by atoms with Crippen molar-refractivity contribution in [2.45, 2.75) is 44.9 Å². The van der Waals surface area contributed by atoms with Crippen LogP contribution in [0.5, 0.6) is 11.5 Å². The van der Waals surface area contributed by atoms with E-state index < -0.39 is 5.92 Å². The average molecular weight is 417 g/mol. The fraction of sp³-hybridized carbons (Fsp3) is 0.318. The molecule has 2 aromatic carbocycles. The topological polar surface area (TPSA) is 79.3 Å². The number of phenols is 1. The summed E-state index contributed by atoms with van der Waals surface area (Å²) in [5, 5.41) is 21.1. The summed E-state index contributed by atoms with van der Waals surface area (Å²) in [7, 11) is 0. The second kappa shape index (κ2) is 8.77. The third-order valence-electron chi connectivity index (χ3n) is 4.99. The zero-order valence-electron chi connectivity index (χ0n) is 15.6. The molecule has 1 aliphatic rings. The van der Waals surface area contributed by atoms with E-state index in [1.165, 1.54) is 0 Å². The number of phenolic OH excluding ortho intramolecular Hbond substituents is 1. The van der Waals surface area contributed by atoms with Crippen LogP contribution in [0.25, 0.3) is 0 Å². The van der Waals surface area contributed by atoms with Gasteiger partial charge in [0.05, 0.1) is 5.92 Å². The van der Waals surface area contributed by atoms with E-state index in [1.54, 1.807) is 24.3 Å². The maximum Gasteiger partial charge on any atom is 0.205 e. The zero-order chi connectivity index (χ0) is 20.3. The van der Waals surface area contributed by atoms with Crippen molar-refractivity contribution in [3.63, 3.8) is 0 Å². The summed E-state index contributed by atoms with van der Waals surface area (Å²) >= 11 is 12.5. The number of aromatic hydroxyl groups is 1. The second-order valence-electron chi connectivity index (χ2n) is 6.92. The van der Waals surface area contributed by atoms with Crippen molar-refractivity contribution < 1.29 is 9.84 Å². The van der Waals surface area contributed by atoms with Gasteiger partial charge in [0.15, 0.2) is 0 Å². The van der Waals surface area contributed by atoms with Gasteiger partial charge in [-0.25, -0.2) is 0 Å². The zero-order valence-corrected chi connectivity index (χ0v) is 17.1. The Morgan fingerprint density at radius 3 is 2.61 bits per heavy atom. The molecule has 0 spiro atoms. The highest BCUT2D eigenvalue weighted by Gasteiger charge is 2.33. The second-order valence-corrected chi connectivity index (χ2v) is 7.76. The summed E-state index contributed by atoms with van der Waals surface area (Å²) in [6.07, 6.45) is 5.15. The maximum atomic E-state index is 10.4. The summed E-state index contributed by atoms with van der Waals surface area (Å²) < 4.78 is 5.64. The molecular weight excluding hydrogens is 395 g/mol. The minimum atomic E-state index is -0.478. The molecule has 1 atom stereocenters. The van der Waals surface area contributed by atoms with Crippen LogP contribution in [0.1, 0.15) is 55.2 Å². The molecule has 0 aromatic heterocycles. The monoisotopic (exact) mass is 416 g/mol. The predicted molar refractivity (Wildman–Crippen MR) is 112 cm³/mol. The van der Waals surface area contributed by atoms with Crippen molar-refractivity contribution in [2.75, 3.05) is 0 Å². The van der Waals surface area contributed by atoms with Gasteiger partial charge >= 0.3 is 0 Å². The Balaban J connectivity index is 2.08. The number of nitrogens with two attached hydrogens (primary N) is 1. The van der Waals surface area contributed by atoms with Gasteiger partial charge in [-0.15, -0.1) is 0 Å². The highest BCUT2D eigenvalue weighted by Crippen LogP contribution is 2.46. The number of hydrogen-bond acceptors (Lipinski definition) is 4. The average Bonchev–Trinajstić information content (AvgIpc) is 2.65.